The lowest BCUT2D eigenvalue weighted by atomic mass is 10.3. The van der Waals surface area contributed by atoms with Gasteiger partial charge < -0.3 is 9.64 Å². The Morgan fingerprint density at radius 2 is 2.25 bits per heavy atom. The van der Waals surface area contributed by atoms with Gasteiger partial charge in [0.25, 0.3) is 0 Å². The maximum absolute atomic E-state index is 11.0. The van der Waals surface area contributed by atoms with Crippen molar-refractivity contribution in [2.75, 3.05) is 25.6 Å². The summed E-state index contributed by atoms with van der Waals surface area (Å²) in [4.78, 5) is 20.6. The van der Waals surface area contributed by atoms with Gasteiger partial charge in [0.2, 0.25) is 0 Å². The number of hydrogen-bond acceptors (Lipinski definition) is 6. The van der Waals surface area contributed by atoms with Crippen molar-refractivity contribution in [3.05, 3.63) is 18.1 Å². The highest BCUT2D eigenvalue weighted by Crippen LogP contribution is 2.11. The van der Waals surface area contributed by atoms with E-state index in [0.29, 0.717) is 12.4 Å². The van der Waals surface area contributed by atoms with Crippen LogP contribution in [0.25, 0.3) is 0 Å². The molecule has 0 aliphatic carbocycles. The highest BCUT2D eigenvalue weighted by atomic mass is 16.5. The second-order valence-corrected chi connectivity index (χ2v) is 3.09. The molecule has 0 saturated heterocycles. The molecular formula is C10H12N4O2. The second-order valence-electron chi connectivity index (χ2n) is 3.09. The molecule has 0 aromatic carbocycles. The van der Waals surface area contributed by atoms with Gasteiger partial charge in [0.15, 0.2) is 11.5 Å². The fraction of sp³-hybridized carbons (Fsp3) is 0.400. The van der Waals surface area contributed by atoms with E-state index >= 15 is 0 Å². The van der Waals surface area contributed by atoms with Gasteiger partial charge in [0.05, 0.1) is 13.5 Å². The van der Waals surface area contributed by atoms with Gasteiger partial charge in [0, 0.05) is 26.0 Å². The van der Waals surface area contributed by atoms with Gasteiger partial charge in [-0.2, -0.15) is 5.26 Å². The maximum atomic E-state index is 11.0. The monoisotopic (exact) mass is 220 g/mol. The molecule has 1 heterocycles. The predicted molar refractivity (Wildman–Crippen MR) is 56.7 cm³/mol. The average molecular weight is 220 g/mol. The third-order valence-electron chi connectivity index (χ3n) is 2.03. The Morgan fingerprint density at radius 1 is 1.56 bits per heavy atom. The molecule has 0 radical (unpaired) electrons. The predicted octanol–water partition coefficient (Wildman–Crippen LogP) is 0.348. The average Bonchev–Trinajstić information content (AvgIpc) is 2.35. The van der Waals surface area contributed by atoms with Crippen molar-refractivity contribution in [1.29, 1.82) is 5.26 Å². The summed E-state index contributed by atoms with van der Waals surface area (Å²) >= 11 is 0. The Morgan fingerprint density at radius 3 is 2.88 bits per heavy atom. The Hall–Kier alpha value is -2.16. The van der Waals surface area contributed by atoms with Crippen LogP contribution >= 0.6 is 0 Å². The van der Waals surface area contributed by atoms with Crippen LogP contribution in [0, 0.1) is 11.3 Å². The first-order chi connectivity index (χ1) is 7.69. The van der Waals surface area contributed by atoms with Crippen molar-refractivity contribution in [3.63, 3.8) is 0 Å². The third-order valence-corrected chi connectivity index (χ3v) is 2.03. The van der Waals surface area contributed by atoms with E-state index in [-0.39, 0.29) is 18.1 Å². The van der Waals surface area contributed by atoms with Gasteiger partial charge in [-0.3, -0.25) is 4.79 Å². The van der Waals surface area contributed by atoms with E-state index in [4.69, 9.17) is 5.26 Å². The molecule has 0 amide bonds. The zero-order valence-electron chi connectivity index (χ0n) is 9.17. The van der Waals surface area contributed by atoms with E-state index in [0.717, 1.165) is 0 Å². The molecule has 0 spiro atoms. The number of ether oxygens (including phenoxy) is 1. The summed E-state index contributed by atoms with van der Waals surface area (Å²) in [5.41, 5.74) is 0.245. The van der Waals surface area contributed by atoms with Crippen LogP contribution in [-0.4, -0.2) is 36.6 Å². The lowest BCUT2D eigenvalue weighted by Crippen LogP contribution is -2.23. The quantitative estimate of drug-likeness (QED) is 0.681. The zero-order valence-corrected chi connectivity index (χ0v) is 9.17. The molecule has 0 fully saturated rings. The number of esters is 1. The van der Waals surface area contributed by atoms with Gasteiger partial charge >= 0.3 is 5.97 Å². The molecule has 6 heteroatoms. The molecule has 84 valence electrons. The summed E-state index contributed by atoms with van der Waals surface area (Å²) in [6.45, 7) is 0.431. The standard InChI is InChI=1S/C10H12N4O2/c1-14(6-3-9(15)16-2)10-8(7-11)12-4-5-13-10/h4-5H,3,6H2,1-2H3. The highest BCUT2D eigenvalue weighted by molar-refractivity contribution is 5.70. The van der Waals surface area contributed by atoms with Gasteiger partial charge in [-0.05, 0) is 0 Å². The molecule has 16 heavy (non-hydrogen) atoms. The number of nitrogens with zero attached hydrogens (tertiary/aromatic N) is 4. The molecule has 0 aliphatic heterocycles. The first-order valence-corrected chi connectivity index (χ1v) is 4.68. The molecule has 1 aromatic rings. The Bertz CT molecular complexity index is 414. The van der Waals surface area contributed by atoms with Gasteiger partial charge in [-0.25, -0.2) is 9.97 Å². The third kappa shape index (κ3) is 2.92. The molecule has 0 aliphatic rings. The number of carbonyl (C=O) groups is 1. The molecule has 0 unspecified atom stereocenters. The van der Waals surface area contributed by atoms with Gasteiger partial charge in [0.1, 0.15) is 6.07 Å². The number of anilines is 1. The minimum Gasteiger partial charge on any atom is -0.469 e. The van der Waals surface area contributed by atoms with Crippen molar-refractivity contribution >= 4 is 11.8 Å². The lowest BCUT2D eigenvalue weighted by Gasteiger charge is -2.17. The van der Waals surface area contributed by atoms with E-state index < -0.39 is 0 Å². The zero-order chi connectivity index (χ0) is 12.0. The van der Waals surface area contributed by atoms with E-state index in [2.05, 4.69) is 14.7 Å². The topological polar surface area (TPSA) is 79.1 Å². The van der Waals surface area contributed by atoms with Crippen molar-refractivity contribution < 1.29 is 9.53 Å². The first-order valence-electron chi connectivity index (χ1n) is 4.68. The van der Waals surface area contributed by atoms with Gasteiger partial charge in [-0.1, -0.05) is 0 Å². The number of methoxy groups -OCH3 is 1. The molecule has 6 nitrogen and oxygen atoms in total. The fourth-order valence-corrected chi connectivity index (χ4v) is 1.16. The Balaban J connectivity index is 2.70. The molecular weight excluding hydrogens is 208 g/mol. The number of nitriles is 1. The van der Waals surface area contributed by atoms with Crippen LogP contribution in [0.4, 0.5) is 5.82 Å². The van der Waals surface area contributed by atoms with Crippen LogP contribution in [0.5, 0.6) is 0 Å². The fourth-order valence-electron chi connectivity index (χ4n) is 1.16. The number of aromatic nitrogens is 2. The number of hydrogen-bond donors (Lipinski definition) is 0. The Kier molecular flexibility index (Phi) is 4.21. The van der Waals surface area contributed by atoms with Crippen LogP contribution in [0.1, 0.15) is 12.1 Å². The molecule has 1 rings (SSSR count). The van der Waals surface area contributed by atoms with E-state index in [1.807, 2.05) is 6.07 Å². The minimum atomic E-state index is -0.297. The molecule has 0 saturated carbocycles. The summed E-state index contributed by atoms with van der Waals surface area (Å²) in [6, 6.07) is 1.95. The summed E-state index contributed by atoms with van der Waals surface area (Å²) in [5, 5.41) is 8.82. The largest absolute Gasteiger partial charge is 0.469 e. The summed E-state index contributed by atoms with van der Waals surface area (Å²) in [7, 11) is 3.08. The van der Waals surface area contributed by atoms with Crippen molar-refractivity contribution in [3.8, 4) is 6.07 Å². The SMILES string of the molecule is COC(=O)CCN(C)c1nccnc1C#N. The summed E-state index contributed by atoms with van der Waals surface area (Å²) in [5.74, 6) is 0.170. The molecule has 0 bridgehead atoms. The molecule has 0 N–H and O–H groups in total. The van der Waals surface area contributed by atoms with Crippen LogP contribution in [0.2, 0.25) is 0 Å². The van der Waals surface area contributed by atoms with Gasteiger partial charge in [-0.15, -0.1) is 0 Å². The smallest absolute Gasteiger partial charge is 0.307 e. The molecule has 1 aromatic heterocycles. The maximum Gasteiger partial charge on any atom is 0.307 e. The normalized spacial score (nSPS) is 9.31. The highest BCUT2D eigenvalue weighted by Gasteiger charge is 2.11. The van der Waals surface area contributed by atoms with Crippen molar-refractivity contribution in [2.24, 2.45) is 0 Å². The van der Waals surface area contributed by atoms with Crippen LogP contribution in [0.15, 0.2) is 12.4 Å². The van der Waals surface area contributed by atoms with E-state index in [1.54, 1.807) is 11.9 Å². The van der Waals surface area contributed by atoms with Crippen LogP contribution < -0.4 is 4.90 Å². The van der Waals surface area contributed by atoms with Crippen LogP contribution in [0.3, 0.4) is 0 Å². The second kappa shape index (κ2) is 5.66. The number of carbonyl (C=O) groups excluding carboxylic acids is 1. The Labute approximate surface area is 93.5 Å². The minimum absolute atomic E-state index is 0.244. The van der Waals surface area contributed by atoms with Crippen molar-refractivity contribution in [2.45, 2.75) is 6.42 Å². The van der Waals surface area contributed by atoms with Crippen LogP contribution in [-0.2, 0) is 9.53 Å². The first kappa shape index (κ1) is 11.9. The van der Waals surface area contributed by atoms with E-state index in [1.165, 1.54) is 19.5 Å². The van der Waals surface area contributed by atoms with Crippen molar-refractivity contribution in [1.82, 2.24) is 9.97 Å². The summed E-state index contributed by atoms with van der Waals surface area (Å²) < 4.78 is 4.53. The summed E-state index contributed by atoms with van der Waals surface area (Å²) in [6.07, 6.45) is 3.20. The number of rotatable bonds is 4. The van der Waals surface area contributed by atoms with E-state index in [9.17, 15) is 4.79 Å². The lowest BCUT2D eigenvalue weighted by molar-refractivity contribution is -0.140. The molecule has 0 atom stereocenters.